The lowest BCUT2D eigenvalue weighted by atomic mass is 9.83. The van der Waals surface area contributed by atoms with E-state index >= 15 is 0 Å². The van der Waals surface area contributed by atoms with E-state index < -0.39 is 5.63 Å². The van der Waals surface area contributed by atoms with Gasteiger partial charge in [-0.05, 0) is 55.4 Å². The molecule has 0 aliphatic heterocycles. The Morgan fingerprint density at radius 1 is 1.16 bits per heavy atom. The second-order valence-corrected chi connectivity index (χ2v) is 7.37. The average molecular weight is 337 g/mol. The number of nitrogens with zero attached hydrogens (tertiary/aromatic N) is 1. The van der Waals surface area contributed by atoms with Gasteiger partial charge in [-0.1, -0.05) is 30.7 Å². The van der Waals surface area contributed by atoms with Crippen LogP contribution in [0.4, 0.5) is 0 Å². The molecule has 0 bridgehead atoms. The van der Waals surface area contributed by atoms with Crippen molar-refractivity contribution in [2.45, 2.75) is 51.0 Å². The molecule has 1 heterocycles. The number of aryl methyl sites for hydroxylation is 1. The van der Waals surface area contributed by atoms with Crippen LogP contribution >= 0.6 is 0 Å². The van der Waals surface area contributed by atoms with Crippen LogP contribution in [0.1, 0.15) is 58.0 Å². The highest BCUT2D eigenvalue weighted by Crippen LogP contribution is 2.36. The maximum atomic E-state index is 13.0. The molecule has 0 unspecified atom stereocenters. The van der Waals surface area contributed by atoms with Crippen LogP contribution in [0.3, 0.4) is 0 Å². The highest BCUT2D eigenvalue weighted by atomic mass is 16.4. The van der Waals surface area contributed by atoms with Crippen LogP contribution in [-0.4, -0.2) is 23.9 Å². The Morgan fingerprint density at radius 3 is 2.32 bits per heavy atom. The predicted octanol–water partition coefficient (Wildman–Crippen LogP) is 3.46. The molecule has 0 spiro atoms. The monoisotopic (exact) mass is 337 g/mol. The number of benzene rings is 1. The molecule has 4 nitrogen and oxygen atoms in total. The summed E-state index contributed by atoms with van der Waals surface area (Å²) in [5.74, 6) is 0.850. The molecule has 1 fully saturated rings. The van der Waals surface area contributed by atoms with Gasteiger partial charge in [0.05, 0.1) is 0 Å². The fourth-order valence-corrected chi connectivity index (χ4v) is 3.94. The van der Waals surface area contributed by atoms with Gasteiger partial charge < -0.3 is 9.32 Å². The molecule has 2 aromatic rings. The van der Waals surface area contributed by atoms with E-state index in [1.54, 1.807) is 11.9 Å². The average Bonchev–Trinajstić information content (AvgIpc) is 2.95. The summed E-state index contributed by atoms with van der Waals surface area (Å²) < 4.78 is 5.49. The summed E-state index contributed by atoms with van der Waals surface area (Å²) in [5, 5.41) is 0. The first-order chi connectivity index (χ1) is 12.0. The van der Waals surface area contributed by atoms with Gasteiger partial charge in [0.25, 0.3) is 5.91 Å². The first-order valence-corrected chi connectivity index (χ1v) is 9.03. The number of hydrogen-bond donors (Lipinski definition) is 0. The molecule has 0 N–H and O–H groups in total. The summed E-state index contributed by atoms with van der Waals surface area (Å²) in [7, 11) is 1.79. The van der Waals surface area contributed by atoms with Crippen molar-refractivity contribution in [2.24, 2.45) is 0 Å². The van der Waals surface area contributed by atoms with E-state index in [0.717, 1.165) is 37.0 Å². The van der Waals surface area contributed by atoms with Gasteiger partial charge in [0.15, 0.2) is 0 Å². The van der Waals surface area contributed by atoms with Gasteiger partial charge >= 0.3 is 5.63 Å². The molecule has 4 rings (SSSR count). The zero-order valence-electron chi connectivity index (χ0n) is 14.7. The molecular formula is C21H23NO3. The highest BCUT2D eigenvalue weighted by molar-refractivity contribution is 5.95. The van der Waals surface area contributed by atoms with Crippen LogP contribution in [0.15, 0.2) is 39.5 Å². The summed E-state index contributed by atoms with van der Waals surface area (Å²) in [5.41, 5.74) is 2.99. The summed E-state index contributed by atoms with van der Waals surface area (Å²) in [4.78, 5) is 27.1. The lowest BCUT2D eigenvalue weighted by molar-refractivity contribution is 0.0731. The van der Waals surface area contributed by atoms with Crippen LogP contribution in [0, 0.1) is 6.92 Å². The molecular weight excluding hydrogens is 314 g/mol. The fourth-order valence-electron chi connectivity index (χ4n) is 3.94. The molecule has 0 radical (unpaired) electrons. The Kier molecular flexibility index (Phi) is 3.98. The minimum absolute atomic E-state index is 0.0926. The van der Waals surface area contributed by atoms with E-state index in [-0.39, 0.29) is 17.5 Å². The quantitative estimate of drug-likeness (QED) is 0.862. The van der Waals surface area contributed by atoms with Gasteiger partial charge in [-0.15, -0.1) is 0 Å². The topological polar surface area (TPSA) is 50.5 Å². The van der Waals surface area contributed by atoms with E-state index in [2.05, 4.69) is 12.1 Å². The molecule has 1 saturated carbocycles. The Hall–Kier alpha value is -2.36. The molecule has 4 heteroatoms. The zero-order valence-corrected chi connectivity index (χ0v) is 14.7. The van der Waals surface area contributed by atoms with E-state index in [1.807, 2.05) is 25.1 Å². The molecule has 0 atom stereocenters. The van der Waals surface area contributed by atoms with Crippen molar-refractivity contribution in [1.82, 2.24) is 4.90 Å². The van der Waals surface area contributed by atoms with Crippen molar-refractivity contribution < 1.29 is 9.21 Å². The Bertz CT molecular complexity index is 854. The number of fused-ring (bicyclic) bond motifs is 1. The van der Waals surface area contributed by atoms with Gasteiger partial charge in [0.2, 0.25) is 0 Å². The molecule has 2 aliphatic carbocycles. The SMILES string of the molecule is Cc1cc(C2CCC2)oc(=O)c1C(=O)N(C)C1Cc2ccccc2C1. The Balaban J connectivity index is 1.58. The van der Waals surface area contributed by atoms with Crippen LogP contribution < -0.4 is 5.63 Å². The molecule has 1 aromatic carbocycles. The standard InChI is InChI=1S/C21H23NO3/c1-13-10-18(14-8-5-9-14)25-21(24)19(13)20(23)22(2)17-11-15-6-3-4-7-16(15)12-17/h3-4,6-7,10,14,17H,5,8-9,11-12H2,1-2H3. The predicted molar refractivity (Wildman–Crippen MR) is 96.0 cm³/mol. The van der Waals surface area contributed by atoms with E-state index in [0.29, 0.717) is 5.92 Å². The van der Waals surface area contributed by atoms with Gasteiger partial charge in [0, 0.05) is 19.0 Å². The number of amides is 1. The van der Waals surface area contributed by atoms with Crippen LogP contribution in [-0.2, 0) is 12.8 Å². The first-order valence-electron chi connectivity index (χ1n) is 9.03. The van der Waals surface area contributed by atoms with Crippen molar-refractivity contribution in [3.05, 3.63) is 68.8 Å². The number of carbonyl (C=O) groups is 1. The second kappa shape index (κ2) is 6.17. The van der Waals surface area contributed by atoms with Crippen molar-refractivity contribution in [3.8, 4) is 0 Å². The third kappa shape index (κ3) is 2.80. The van der Waals surface area contributed by atoms with Gasteiger partial charge in [-0.2, -0.15) is 0 Å². The van der Waals surface area contributed by atoms with Crippen LogP contribution in [0.25, 0.3) is 0 Å². The van der Waals surface area contributed by atoms with Crippen LogP contribution in [0.5, 0.6) is 0 Å². The first kappa shape index (κ1) is 16.1. The van der Waals surface area contributed by atoms with Crippen molar-refractivity contribution in [1.29, 1.82) is 0 Å². The van der Waals surface area contributed by atoms with Crippen molar-refractivity contribution >= 4 is 5.91 Å². The van der Waals surface area contributed by atoms with Gasteiger partial charge in [0.1, 0.15) is 11.3 Å². The number of hydrogen-bond acceptors (Lipinski definition) is 3. The molecule has 0 saturated heterocycles. The minimum atomic E-state index is -0.491. The third-order valence-corrected chi connectivity index (χ3v) is 5.79. The minimum Gasteiger partial charge on any atom is -0.427 e. The second-order valence-electron chi connectivity index (χ2n) is 7.37. The lowest BCUT2D eigenvalue weighted by Crippen LogP contribution is -2.40. The smallest absolute Gasteiger partial charge is 0.349 e. The van der Waals surface area contributed by atoms with Gasteiger partial charge in [-0.3, -0.25) is 4.79 Å². The number of carbonyl (C=O) groups excluding carboxylic acids is 1. The van der Waals surface area contributed by atoms with Crippen molar-refractivity contribution in [2.75, 3.05) is 7.05 Å². The summed E-state index contributed by atoms with van der Waals surface area (Å²) >= 11 is 0. The molecule has 2 aliphatic rings. The van der Waals surface area contributed by atoms with E-state index in [4.69, 9.17) is 4.42 Å². The zero-order chi connectivity index (χ0) is 17.6. The Morgan fingerprint density at radius 2 is 1.80 bits per heavy atom. The van der Waals surface area contributed by atoms with Gasteiger partial charge in [-0.25, -0.2) is 4.79 Å². The molecule has 130 valence electrons. The van der Waals surface area contributed by atoms with Crippen LogP contribution in [0.2, 0.25) is 0 Å². The van der Waals surface area contributed by atoms with E-state index in [9.17, 15) is 9.59 Å². The van der Waals surface area contributed by atoms with Crippen molar-refractivity contribution in [3.63, 3.8) is 0 Å². The highest BCUT2D eigenvalue weighted by Gasteiger charge is 2.31. The molecule has 25 heavy (non-hydrogen) atoms. The summed E-state index contributed by atoms with van der Waals surface area (Å²) in [6, 6.07) is 10.3. The normalized spacial score (nSPS) is 17.2. The van der Waals surface area contributed by atoms with E-state index in [1.165, 1.54) is 17.5 Å². The number of rotatable bonds is 3. The fraction of sp³-hybridized carbons (Fsp3) is 0.429. The number of likely N-dealkylation sites (N-methyl/N-ethyl adjacent to an activating group) is 1. The lowest BCUT2D eigenvalue weighted by Gasteiger charge is -2.26. The summed E-state index contributed by atoms with van der Waals surface area (Å²) in [6.07, 6.45) is 4.98. The maximum absolute atomic E-state index is 13.0. The largest absolute Gasteiger partial charge is 0.427 e. The molecule has 1 aromatic heterocycles. The molecule has 1 amide bonds. The maximum Gasteiger partial charge on any atom is 0.349 e. The Labute approximate surface area is 147 Å². The third-order valence-electron chi connectivity index (χ3n) is 5.79. The summed E-state index contributed by atoms with van der Waals surface area (Å²) in [6.45, 7) is 1.84.